The highest BCUT2D eigenvalue weighted by atomic mass is 79.9. The molecule has 2 N–H and O–H groups in total. The van der Waals surface area contributed by atoms with Crippen LogP contribution in [-0.4, -0.2) is 27.2 Å². The molecule has 0 radical (unpaired) electrons. The molecule has 1 aliphatic carbocycles. The first-order valence-corrected chi connectivity index (χ1v) is 11.7. The van der Waals surface area contributed by atoms with Crippen molar-refractivity contribution in [2.24, 2.45) is 5.73 Å². The van der Waals surface area contributed by atoms with E-state index in [0.717, 1.165) is 31.0 Å². The Morgan fingerprint density at radius 1 is 1.14 bits per heavy atom. The van der Waals surface area contributed by atoms with E-state index in [1.165, 1.54) is 16.3 Å². The molecule has 1 aliphatic rings. The number of nitrogens with zero attached hydrogens (tertiary/aromatic N) is 3. The van der Waals surface area contributed by atoms with Crippen LogP contribution in [-0.2, 0) is 4.74 Å². The minimum atomic E-state index is -1.07. The van der Waals surface area contributed by atoms with Gasteiger partial charge in [0.25, 0.3) is 5.56 Å². The van der Waals surface area contributed by atoms with E-state index in [1.54, 1.807) is 18.2 Å². The maximum absolute atomic E-state index is 14.2. The SMILES string of the molecule is NC(=O)OC[C@@H](c1cc(F)cc(F)c1)c1nc2ncc(Br)cc2c(=O)n1-c1ccc(C2CC2)cc1. The Kier molecular flexibility index (Phi) is 6.06. The van der Waals surface area contributed by atoms with Crippen LogP contribution in [0.3, 0.4) is 0 Å². The van der Waals surface area contributed by atoms with Crippen LogP contribution >= 0.6 is 15.9 Å². The van der Waals surface area contributed by atoms with E-state index in [2.05, 4.69) is 25.9 Å². The van der Waals surface area contributed by atoms with Crippen molar-refractivity contribution in [1.82, 2.24) is 14.5 Å². The van der Waals surface area contributed by atoms with Gasteiger partial charge in [-0.25, -0.2) is 23.5 Å². The Labute approximate surface area is 206 Å². The van der Waals surface area contributed by atoms with Gasteiger partial charge in [-0.1, -0.05) is 12.1 Å². The zero-order chi connectivity index (χ0) is 24.7. The molecular formula is C25H19BrF2N4O3. The maximum atomic E-state index is 14.2. The number of rotatable bonds is 6. The Morgan fingerprint density at radius 2 is 1.83 bits per heavy atom. The van der Waals surface area contributed by atoms with Crippen LogP contribution in [0.15, 0.2) is 64.0 Å². The fraction of sp³-hybridized carbons (Fsp3) is 0.200. The molecule has 35 heavy (non-hydrogen) atoms. The number of halogens is 3. The normalized spacial score (nSPS) is 14.1. The Hall–Kier alpha value is -3.66. The first-order valence-electron chi connectivity index (χ1n) is 10.9. The van der Waals surface area contributed by atoms with Crippen molar-refractivity contribution in [3.63, 3.8) is 0 Å². The molecule has 7 nitrogen and oxygen atoms in total. The minimum Gasteiger partial charge on any atom is -0.449 e. The average Bonchev–Trinajstić information content (AvgIpc) is 3.65. The van der Waals surface area contributed by atoms with Gasteiger partial charge < -0.3 is 10.5 Å². The van der Waals surface area contributed by atoms with Gasteiger partial charge in [0.2, 0.25) is 0 Å². The highest BCUT2D eigenvalue weighted by molar-refractivity contribution is 9.10. The molecule has 0 saturated heterocycles. The highest BCUT2D eigenvalue weighted by Crippen LogP contribution is 2.40. The molecule has 0 bridgehead atoms. The molecule has 1 saturated carbocycles. The lowest BCUT2D eigenvalue weighted by molar-refractivity contribution is 0.152. The maximum Gasteiger partial charge on any atom is 0.404 e. The second kappa shape index (κ2) is 9.18. The lowest BCUT2D eigenvalue weighted by atomic mass is 9.97. The van der Waals surface area contributed by atoms with E-state index in [-0.39, 0.29) is 22.4 Å². The standard InChI is InChI=1S/C25H19BrF2N4O3/c26-16-9-20-22(30-11-16)31-23(21(12-35-25(29)34)15-7-17(27)10-18(28)8-15)32(24(20)33)19-5-3-14(4-6-19)13-1-2-13/h3-11,13,21H,1-2,12H2,(H2,29,34)/t21-/m0/s1. The smallest absolute Gasteiger partial charge is 0.404 e. The van der Waals surface area contributed by atoms with Crippen LogP contribution in [0.2, 0.25) is 0 Å². The fourth-order valence-electron chi connectivity index (χ4n) is 4.12. The average molecular weight is 541 g/mol. The van der Waals surface area contributed by atoms with E-state index in [9.17, 15) is 18.4 Å². The van der Waals surface area contributed by atoms with Gasteiger partial charge in [-0.05, 0) is 76.1 Å². The lowest BCUT2D eigenvalue weighted by Crippen LogP contribution is -2.29. The van der Waals surface area contributed by atoms with Crippen molar-refractivity contribution in [1.29, 1.82) is 0 Å². The van der Waals surface area contributed by atoms with Crippen LogP contribution in [0.25, 0.3) is 16.7 Å². The van der Waals surface area contributed by atoms with Gasteiger partial charge in [0.05, 0.1) is 17.0 Å². The Bertz CT molecular complexity index is 1480. The summed E-state index contributed by atoms with van der Waals surface area (Å²) < 4.78 is 35.3. The molecule has 1 fully saturated rings. The third-order valence-corrected chi connectivity index (χ3v) is 6.34. The van der Waals surface area contributed by atoms with E-state index in [4.69, 9.17) is 10.5 Å². The first kappa shape index (κ1) is 23.1. The first-order chi connectivity index (χ1) is 16.8. The van der Waals surface area contributed by atoms with E-state index < -0.39 is 35.8 Å². The van der Waals surface area contributed by atoms with Gasteiger partial charge >= 0.3 is 6.09 Å². The number of carbonyl (C=O) groups is 1. The predicted octanol–water partition coefficient (Wildman–Crippen LogP) is 4.93. The zero-order valence-corrected chi connectivity index (χ0v) is 19.8. The summed E-state index contributed by atoms with van der Waals surface area (Å²) in [6, 6.07) is 12.0. The summed E-state index contributed by atoms with van der Waals surface area (Å²) in [5.74, 6) is -2.05. The van der Waals surface area contributed by atoms with Gasteiger partial charge in [0.1, 0.15) is 24.1 Å². The quantitative estimate of drug-likeness (QED) is 0.374. The summed E-state index contributed by atoms with van der Waals surface area (Å²) in [4.78, 5) is 34.0. The van der Waals surface area contributed by atoms with Crippen LogP contribution in [0.5, 0.6) is 0 Å². The van der Waals surface area contributed by atoms with Crippen LogP contribution in [0.1, 0.15) is 41.6 Å². The molecule has 1 atom stereocenters. The topological polar surface area (TPSA) is 100 Å². The van der Waals surface area contributed by atoms with Gasteiger partial charge in [0, 0.05) is 16.7 Å². The molecular weight excluding hydrogens is 522 g/mol. The molecule has 2 heterocycles. The molecule has 2 aromatic carbocycles. The fourth-order valence-corrected chi connectivity index (χ4v) is 4.45. The van der Waals surface area contributed by atoms with Gasteiger partial charge in [0.15, 0.2) is 5.65 Å². The summed E-state index contributed by atoms with van der Waals surface area (Å²) in [6.07, 6.45) is 2.67. The number of benzene rings is 2. The number of primary amides is 1. The zero-order valence-electron chi connectivity index (χ0n) is 18.2. The monoisotopic (exact) mass is 540 g/mol. The van der Waals surface area contributed by atoms with Gasteiger partial charge in [-0.3, -0.25) is 9.36 Å². The van der Waals surface area contributed by atoms with Gasteiger partial charge in [-0.2, -0.15) is 0 Å². The summed E-state index contributed by atoms with van der Waals surface area (Å²) in [7, 11) is 0. The number of hydrogen-bond acceptors (Lipinski definition) is 5. The highest BCUT2D eigenvalue weighted by Gasteiger charge is 2.27. The lowest BCUT2D eigenvalue weighted by Gasteiger charge is -2.22. The number of nitrogens with two attached hydrogens (primary N) is 1. The summed E-state index contributed by atoms with van der Waals surface area (Å²) in [5, 5.41) is 0.245. The summed E-state index contributed by atoms with van der Waals surface area (Å²) in [6.45, 7) is -0.396. The summed E-state index contributed by atoms with van der Waals surface area (Å²) in [5.41, 5.74) is 6.68. The van der Waals surface area contributed by atoms with Crippen molar-refractivity contribution in [3.8, 4) is 5.69 Å². The number of hydrogen-bond donors (Lipinski definition) is 1. The number of carbonyl (C=O) groups excluding carboxylic acids is 1. The molecule has 0 aliphatic heterocycles. The number of amides is 1. The van der Waals surface area contributed by atoms with Gasteiger partial charge in [-0.15, -0.1) is 0 Å². The largest absolute Gasteiger partial charge is 0.449 e. The molecule has 4 aromatic rings. The molecule has 0 unspecified atom stereocenters. The molecule has 2 aromatic heterocycles. The second-order valence-electron chi connectivity index (χ2n) is 8.39. The van der Waals surface area contributed by atoms with E-state index in [0.29, 0.717) is 16.1 Å². The number of fused-ring (bicyclic) bond motifs is 1. The second-order valence-corrected chi connectivity index (χ2v) is 9.30. The van der Waals surface area contributed by atoms with E-state index in [1.807, 2.05) is 12.1 Å². The van der Waals surface area contributed by atoms with Crippen molar-refractivity contribution in [2.45, 2.75) is 24.7 Å². The van der Waals surface area contributed by atoms with Crippen molar-refractivity contribution < 1.29 is 18.3 Å². The number of aromatic nitrogens is 3. The molecule has 0 spiro atoms. The van der Waals surface area contributed by atoms with E-state index >= 15 is 0 Å². The van der Waals surface area contributed by atoms with Crippen LogP contribution in [0, 0.1) is 11.6 Å². The van der Waals surface area contributed by atoms with Crippen molar-refractivity contribution in [2.75, 3.05) is 6.61 Å². The minimum absolute atomic E-state index is 0.0998. The Morgan fingerprint density at radius 3 is 2.46 bits per heavy atom. The Balaban J connectivity index is 1.76. The van der Waals surface area contributed by atoms with Crippen LogP contribution in [0.4, 0.5) is 13.6 Å². The third-order valence-electron chi connectivity index (χ3n) is 5.91. The van der Waals surface area contributed by atoms with Crippen molar-refractivity contribution in [3.05, 3.63) is 98.1 Å². The molecule has 1 amide bonds. The molecule has 10 heteroatoms. The van der Waals surface area contributed by atoms with Crippen molar-refractivity contribution >= 4 is 33.1 Å². The molecule has 5 rings (SSSR count). The predicted molar refractivity (Wildman–Crippen MR) is 129 cm³/mol. The molecule has 178 valence electrons. The third kappa shape index (κ3) is 4.79. The number of ether oxygens (including phenoxy) is 1. The number of pyridine rings is 1. The van der Waals surface area contributed by atoms with Crippen LogP contribution < -0.4 is 11.3 Å². The summed E-state index contributed by atoms with van der Waals surface area (Å²) >= 11 is 3.33.